The molecule has 1 heterocycles. The summed E-state index contributed by atoms with van der Waals surface area (Å²) in [6, 6.07) is 1.85. The summed E-state index contributed by atoms with van der Waals surface area (Å²) in [5, 5.41) is 3.03. The molecular formula is C10H14Br2N2O2S. The molecule has 0 amide bonds. The molecule has 1 aromatic rings. The second-order valence-corrected chi connectivity index (χ2v) is 8.79. The number of rotatable bonds is 4. The van der Waals surface area contributed by atoms with Gasteiger partial charge in [0.25, 0.3) is 0 Å². The first kappa shape index (κ1) is 14.9. The minimum Gasteiger partial charge on any atom is -0.368 e. The molecule has 1 aromatic heterocycles. The summed E-state index contributed by atoms with van der Waals surface area (Å²) in [5.41, 5.74) is 0. The van der Waals surface area contributed by atoms with E-state index in [4.69, 9.17) is 0 Å². The van der Waals surface area contributed by atoms with Crippen molar-refractivity contribution in [2.24, 2.45) is 0 Å². The highest BCUT2D eigenvalue weighted by Crippen LogP contribution is 2.24. The van der Waals surface area contributed by atoms with Gasteiger partial charge in [-0.3, -0.25) is 0 Å². The van der Waals surface area contributed by atoms with Crippen LogP contribution in [0.3, 0.4) is 0 Å². The SMILES string of the molecule is CC(C)(CNc1ncc(Br)cc1Br)S(C)(=O)=O. The van der Waals surface area contributed by atoms with Gasteiger partial charge in [-0.1, -0.05) is 0 Å². The maximum absolute atomic E-state index is 11.5. The molecule has 0 saturated carbocycles. The number of pyridine rings is 1. The summed E-state index contributed by atoms with van der Waals surface area (Å²) < 4.78 is 23.9. The molecule has 4 nitrogen and oxygen atoms in total. The Morgan fingerprint density at radius 1 is 1.41 bits per heavy atom. The van der Waals surface area contributed by atoms with Crippen molar-refractivity contribution in [2.75, 3.05) is 18.1 Å². The van der Waals surface area contributed by atoms with Gasteiger partial charge in [0.05, 0.1) is 9.22 Å². The topological polar surface area (TPSA) is 59.1 Å². The van der Waals surface area contributed by atoms with Crippen LogP contribution in [0.2, 0.25) is 0 Å². The number of hydrogen-bond acceptors (Lipinski definition) is 4. The highest BCUT2D eigenvalue weighted by atomic mass is 79.9. The molecule has 0 radical (unpaired) electrons. The largest absolute Gasteiger partial charge is 0.368 e. The van der Waals surface area contributed by atoms with Crippen LogP contribution in [0.5, 0.6) is 0 Å². The van der Waals surface area contributed by atoms with E-state index in [0.717, 1.165) is 8.95 Å². The molecule has 0 spiro atoms. The number of halogens is 2. The van der Waals surface area contributed by atoms with E-state index in [-0.39, 0.29) is 0 Å². The van der Waals surface area contributed by atoms with Crippen LogP contribution in [0.4, 0.5) is 5.82 Å². The molecule has 96 valence electrons. The Balaban J connectivity index is 2.81. The van der Waals surface area contributed by atoms with Gasteiger partial charge in [-0.25, -0.2) is 13.4 Å². The first-order valence-electron chi connectivity index (χ1n) is 4.88. The maximum Gasteiger partial charge on any atom is 0.154 e. The van der Waals surface area contributed by atoms with Crippen molar-refractivity contribution in [2.45, 2.75) is 18.6 Å². The molecular weight excluding hydrogens is 372 g/mol. The second kappa shape index (κ2) is 5.24. The van der Waals surface area contributed by atoms with Gasteiger partial charge >= 0.3 is 0 Å². The molecule has 0 unspecified atom stereocenters. The predicted molar refractivity (Wildman–Crippen MR) is 77.0 cm³/mol. The number of aromatic nitrogens is 1. The molecule has 7 heteroatoms. The molecule has 0 atom stereocenters. The number of anilines is 1. The highest BCUT2D eigenvalue weighted by molar-refractivity contribution is 9.11. The van der Waals surface area contributed by atoms with E-state index < -0.39 is 14.6 Å². The zero-order valence-corrected chi connectivity index (χ0v) is 13.8. The number of nitrogens with one attached hydrogen (secondary N) is 1. The van der Waals surface area contributed by atoms with E-state index in [1.54, 1.807) is 20.0 Å². The predicted octanol–water partition coefficient (Wildman–Crippen LogP) is 2.84. The van der Waals surface area contributed by atoms with E-state index >= 15 is 0 Å². The number of sulfone groups is 1. The van der Waals surface area contributed by atoms with Crippen molar-refractivity contribution in [3.63, 3.8) is 0 Å². The average molecular weight is 386 g/mol. The van der Waals surface area contributed by atoms with E-state index in [1.165, 1.54) is 6.26 Å². The molecule has 0 saturated heterocycles. The molecule has 0 aliphatic heterocycles. The first-order valence-corrected chi connectivity index (χ1v) is 8.36. The van der Waals surface area contributed by atoms with Gasteiger partial charge in [-0.15, -0.1) is 0 Å². The smallest absolute Gasteiger partial charge is 0.154 e. The lowest BCUT2D eigenvalue weighted by Crippen LogP contribution is -2.38. The lowest BCUT2D eigenvalue weighted by atomic mass is 10.2. The van der Waals surface area contributed by atoms with E-state index in [0.29, 0.717) is 12.4 Å². The van der Waals surface area contributed by atoms with Crippen LogP contribution >= 0.6 is 31.9 Å². The normalized spacial score (nSPS) is 12.5. The molecule has 1 rings (SSSR count). The van der Waals surface area contributed by atoms with Crippen LogP contribution in [0.15, 0.2) is 21.2 Å². The average Bonchev–Trinajstić information content (AvgIpc) is 2.14. The third kappa shape index (κ3) is 3.93. The minimum atomic E-state index is -3.11. The van der Waals surface area contributed by atoms with Gasteiger partial charge in [0, 0.05) is 23.5 Å². The molecule has 0 aliphatic rings. The van der Waals surface area contributed by atoms with E-state index in [2.05, 4.69) is 42.2 Å². The third-order valence-corrected chi connectivity index (χ3v) is 5.68. The standard InChI is InChI=1S/C10H14Br2N2O2S/c1-10(2,17(3,15)16)6-14-9-8(12)4-7(11)5-13-9/h4-5H,6H2,1-3H3,(H,13,14). The van der Waals surface area contributed by atoms with Crippen molar-refractivity contribution in [3.05, 3.63) is 21.2 Å². The van der Waals surface area contributed by atoms with Crippen LogP contribution in [-0.4, -0.2) is 30.9 Å². The number of hydrogen-bond donors (Lipinski definition) is 1. The Morgan fingerprint density at radius 2 is 2.00 bits per heavy atom. The first-order chi connectivity index (χ1) is 7.63. The maximum atomic E-state index is 11.5. The Bertz CT molecular complexity index is 515. The summed E-state index contributed by atoms with van der Waals surface area (Å²) in [5.74, 6) is 0.630. The fourth-order valence-electron chi connectivity index (χ4n) is 0.972. The molecule has 0 fully saturated rings. The van der Waals surface area contributed by atoms with Crippen molar-refractivity contribution < 1.29 is 8.42 Å². The molecule has 0 aromatic carbocycles. The Kier molecular flexibility index (Phi) is 4.60. The van der Waals surface area contributed by atoms with Crippen LogP contribution in [0, 0.1) is 0 Å². The summed E-state index contributed by atoms with van der Waals surface area (Å²) in [6.07, 6.45) is 2.89. The van der Waals surface area contributed by atoms with Gasteiger partial charge in [0.1, 0.15) is 5.82 Å². The van der Waals surface area contributed by atoms with Gasteiger partial charge in [0.2, 0.25) is 0 Å². The highest BCUT2D eigenvalue weighted by Gasteiger charge is 2.30. The third-order valence-electron chi connectivity index (χ3n) is 2.49. The minimum absolute atomic E-state index is 0.305. The monoisotopic (exact) mass is 384 g/mol. The number of nitrogens with zero attached hydrogens (tertiary/aromatic N) is 1. The van der Waals surface area contributed by atoms with Crippen molar-refractivity contribution >= 4 is 47.5 Å². The molecule has 17 heavy (non-hydrogen) atoms. The van der Waals surface area contributed by atoms with Crippen LogP contribution in [0.25, 0.3) is 0 Å². The van der Waals surface area contributed by atoms with Crippen LogP contribution in [0.1, 0.15) is 13.8 Å². The Hall–Kier alpha value is -0.140. The summed E-state index contributed by atoms with van der Waals surface area (Å²) >= 11 is 6.66. The van der Waals surface area contributed by atoms with E-state index in [1.807, 2.05) is 6.07 Å². The summed E-state index contributed by atoms with van der Waals surface area (Å²) in [4.78, 5) is 4.16. The lowest BCUT2D eigenvalue weighted by Gasteiger charge is -2.23. The van der Waals surface area contributed by atoms with Gasteiger partial charge in [-0.05, 0) is 51.8 Å². The van der Waals surface area contributed by atoms with Gasteiger partial charge in [0.15, 0.2) is 9.84 Å². The van der Waals surface area contributed by atoms with E-state index in [9.17, 15) is 8.42 Å². The molecule has 0 bridgehead atoms. The fraction of sp³-hybridized carbons (Fsp3) is 0.500. The zero-order valence-electron chi connectivity index (χ0n) is 9.79. The van der Waals surface area contributed by atoms with Crippen molar-refractivity contribution in [3.8, 4) is 0 Å². The van der Waals surface area contributed by atoms with Crippen molar-refractivity contribution in [1.29, 1.82) is 0 Å². The summed E-state index contributed by atoms with van der Waals surface area (Å²) in [6.45, 7) is 3.67. The Morgan fingerprint density at radius 3 is 2.47 bits per heavy atom. The van der Waals surface area contributed by atoms with Crippen LogP contribution < -0.4 is 5.32 Å². The molecule has 1 N–H and O–H groups in total. The van der Waals surface area contributed by atoms with Gasteiger partial charge < -0.3 is 5.32 Å². The second-order valence-electron chi connectivity index (χ2n) is 4.37. The quantitative estimate of drug-likeness (QED) is 0.865. The zero-order chi connectivity index (χ0) is 13.3. The van der Waals surface area contributed by atoms with Crippen LogP contribution in [-0.2, 0) is 9.84 Å². The summed E-state index contributed by atoms with van der Waals surface area (Å²) in [7, 11) is -3.11. The lowest BCUT2D eigenvalue weighted by molar-refractivity contribution is 0.559. The fourth-order valence-corrected chi connectivity index (χ4v) is 2.43. The Labute approximate surface area is 118 Å². The van der Waals surface area contributed by atoms with Crippen molar-refractivity contribution in [1.82, 2.24) is 4.98 Å². The van der Waals surface area contributed by atoms with Gasteiger partial charge in [-0.2, -0.15) is 0 Å². The molecule has 0 aliphatic carbocycles.